The summed E-state index contributed by atoms with van der Waals surface area (Å²) in [6.07, 6.45) is 0. The number of rotatable bonds is 3. The van der Waals surface area contributed by atoms with Crippen molar-refractivity contribution in [2.24, 2.45) is 5.73 Å². The van der Waals surface area contributed by atoms with E-state index in [-0.39, 0.29) is 17.6 Å². The zero-order chi connectivity index (χ0) is 9.84. The molecular weight excluding hydrogens is 169 g/mol. The molecule has 3 heteroatoms. The summed E-state index contributed by atoms with van der Waals surface area (Å²) < 4.78 is 18.4. The molecule has 0 heterocycles. The molecule has 0 saturated carbocycles. The van der Waals surface area contributed by atoms with Gasteiger partial charge in [0.2, 0.25) is 0 Å². The van der Waals surface area contributed by atoms with Crippen molar-refractivity contribution in [1.29, 1.82) is 0 Å². The van der Waals surface area contributed by atoms with Gasteiger partial charge in [0.1, 0.15) is 0 Å². The summed E-state index contributed by atoms with van der Waals surface area (Å²) in [4.78, 5) is 0. The summed E-state index contributed by atoms with van der Waals surface area (Å²) in [5.74, 6) is -0.0725. The van der Waals surface area contributed by atoms with Crippen LogP contribution in [-0.4, -0.2) is 6.61 Å². The van der Waals surface area contributed by atoms with Crippen LogP contribution in [0, 0.1) is 5.82 Å². The van der Waals surface area contributed by atoms with E-state index in [2.05, 4.69) is 0 Å². The number of hydrogen-bond acceptors (Lipinski definition) is 2. The van der Waals surface area contributed by atoms with E-state index in [1.54, 1.807) is 19.1 Å². The SMILES string of the molecule is CCOc1c(F)cccc1C(C)N. The molecule has 1 unspecified atom stereocenters. The van der Waals surface area contributed by atoms with Crippen LogP contribution in [0.25, 0.3) is 0 Å². The van der Waals surface area contributed by atoms with Crippen LogP contribution >= 0.6 is 0 Å². The third-order valence-corrected chi connectivity index (χ3v) is 1.78. The van der Waals surface area contributed by atoms with Gasteiger partial charge in [-0.3, -0.25) is 0 Å². The Labute approximate surface area is 77.5 Å². The Morgan fingerprint density at radius 2 is 2.23 bits per heavy atom. The maximum Gasteiger partial charge on any atom is 0.165 e. The van der Waals surface area contributed by atoms with E-state index in [0.717, 1.165) is 0 Å². The molecule has 2 nitrogen and oxygen atoms in total. The van der Waals surface area contributed by atoms with Gasteiger partial charge in [-0.1, -0.05) is 12.1 Å². The van der Waals surface area contributed by atoms with Crippen molar-refractivity contribution in [3.63, 3.8) is 0 Å². The summed E-state index contributed by atoms with van der Waals surface area (Å²) in [7, 11) is 0. The first kappa shape index (κ1) is 9.99. The summed E-state index contributed by atoms with van der Waals surface area (Å²) >= 11 is 0. The Balaban J connectivity index is 3.09. The molecule has 1 aromatic rings. The number of hydrogen-bond donors (Lipinski definition) is 1. The average Bonchev–Trinajstić information content (AvgIpc) is 2.08. The molecule has 72 valence electrons. The highest BCUT2D eigenvalue weighted by atomic mass is 19.1. The molecule has 0 aromatic heterocycles. The standard InChI is InChI=1S/C10H14FNO/c1-3-13-10-8(7(2)12)5-4-6-9(10)11/h4-7H,3,12H2,1-2H3. The van der Waals surface area contributed by atoms with Crippen molar-refractivity contribution in [1.82, 2.24) is 0 Å². The fourth-order valence-electron chi connectivity index (χ4n) is 1.18. The molecule has 0 spiro atoms. The van der Waals surface area contributed by atoms with Crippen LogP contribution in [0.4, 0.5) is 4.39 Å². The Hall–Kier alpha value is -1.09. The number of halogens is 1. The van der Waals surface area contributed by atoms with Gasteiger partial charge < -0.3 is 10.5 Å². The molecule has 0 aliphatic heterocycles. The Morgan fingerprint density at radius 1 is 1.54 bits per heavy atom. The Bertz CT molecular complexity index is 286. The highest BCUT2D eigenvalue weighted by molar-refractivity contribution is 5.36. The van der Waals surface area contributed by atoms with Gasteiger partial charge >= 0.3 is 0 Å². The number of para-hydroxylation sites is 1. The molecule has 0 aliphatic carbocycles. The smallest absolute Gasteiger partial charge is 0.165 e. The fourth-order valence-corrected chi connectivity index (χ4v) is 1.18. The molecule has 0 bridgehead atoms. The van der Waals surface area contributed by atoms with Crippen LogP contribution < -0.4 is 10.5 Å². The molecule has 0 radical (unpaired) electrons. The number of benzene rings is 1. The molecule has 0 saturated heterocycles. The number of nitrogens with two attached hydrogens (primary N) is 1. The Kier molecular flexibility index (Phi) is 3.25. The maximum atomic E-state index is 13.2. The molecule has 1 atom stereocenters. The van der Waals surface area contributed by atoms with Gasteiger partial charge in [0.05, 0.1) is 6.61 Å². The molecule has 13 heavy (non-hydrogen) atoms. The highest BCUT2D eigenvalue weighted by Gasteiger charge is 2.11. The van der Waals surface area contributed by atoms with E-state index in [1.807, 2.05) is 6.92 Å². The highest BCUT2D eigenvalue weighted by Crippen LogP contribution is 2.26. The number of ether oxygens (including phenoxy) is 1. The normalized spacial score (nSPS) is 12.6. The van der Waals surface area contributed by atoms with Gasteiger partial charge in [-0.2, -0.15) is 0 Å². The third-order valence-electron chi connectivity index (χ3n) is 1.78. The first-order valence-corrected chi connectivity index (χ1v) is 4.33. The first-order chi connectivity index (χ1) is 6.16. The maximum absolute atomic E-state index is 13.2. The molecule has 2 N–H and O–H groups in total. The van der Waals surface area contributed by atoms with Crippen molar-refractivity contribution in [3.8, 4) is 5.75 Å². The van der Waals surface area contributed by atoms with E-state index < -0.39 is 0 Å². The van der Waals surface area contributed by atoms with Gasteiger partial charge in [-0.15, -0.1) is 0 Å². The minimum atomic E-state index is -0.350. The van der Waals surface area contributed by atoms with Crippen molar-refractivity contribution in [2.75, 3.05) is 6.61 Å². The van der Waals surface area contributed by atoms with Gasteiger partial charge in [-0.05, 0) is 19.9 Å². The quantitative estimate of drug-likeness (QED) is 0.780. The lowest BCUT2D eigenvalue weighted by atomic mass is 10.1. The second-order valence-electron chi connectivity index (χ2n) is 2.88. The zero-order valence-corrected chi connectivity index (χ0v) is 7.88. The van der Waals surface area contributed by atoms with Crippen LogP contribution in [0.3, 0.4) is 0 Å². The first-order valence-electron chi connectivity index (χ1n) is 4.33. The second kappa shape index (κ2) is 4.23. The molecule has 0 aliphatic rings. The van der Waals surface area contributed by atoms with Crippen LogP contribution in [0.5, 0.6) is 5.75 Å². The molecule has 0 amide bonds. The van der Waals surface area contributed by atoms with Gasteiger partial charge in [0, 0.05) is 11.6 Å². The van der Waals surface area contributed by atoms with Crippen molar-refractivity contribution < 1.29 is 9.13 Å². The van der Waals surface area contributed by atoms with Crippen LogP contribution in [0.1, 0.15) is 25.5 Å². The van der Waals surface area contributed by atoms with Crippen LogP contribution in [0.2, 0.25) is 0 Å². The lowest BCUT2D eigenvalue weighted by molar-refractivity contribution is 0.316. The van der Waals surface area contributed by atoms with E-state index in [1.165, 1.54) is 6.07 Å². The average molecular weight is 183 g/mol. The third kappa shape index (κ3) is 2.18. The lowest BCUT2D eigenvalue weighted by Crippen LogP contribution is -2.09. The molecular formula is C10H14FNO. The zero-order valence-electron chi connectivity index (χ0n) is 7.88. The summed E-state index contributed by atoms with van der Waals surface area (Å²) in [6.45, 7) is 4.06. The van der Waals surface area contributed by atoms with E-state index >= 15 is 0 Å². The van der Waals surface area contributed by atoms with Crippen LogP contribution in [-0.2, 0) is 0 Å². The van der Waals surface area contributed by atoms with E-state index in [4.69, 9.17) is 10.5 Å². The predicted octanol–water partition coefficient (Wildman–Crippen LogP) is 2.24. The van der Waals surface area contributed by atoms with Gasteiger partial charge in [-0.25, -0.2) is 4.39 Å². The fraction of sp³-hybridized carbons (Fsp3) is 0.400. The summed E-state index contributed by atoms with van der Waals surface area (Å²) in [5.41, 5.74) is 6.38. The Morgan fingerprint density at radius 3 is 2.77 bits per heavy atom. The molecule has 1 aromatic carbocycles. The summed E-state index contributed by atoms with van der Waals surface area (Å²) in [6, 6.07) is 4.57. The largest absolute Gasteiger partial charge is 0.490 e. The van der Waals surface area contributed by atoms with Gasteiger partial charge in [0.15, 0.2) is 11.6 Å². The van der Waals surface area contributed by atoms with Crippen molar-refractivity contribution >= 4 is 0 Å². The van der Waals surface area contributed by atoms with Crippen molar-refractivity contribution in [3.05, 3.63) is 29.6 Å². The molecule has 0 fully saturated rings. The lowest BCUT2D eigenvalue weighted by Gasteiger charge is -2.13. The predicted molar refractivity (Wildman–Crippen MR) is 50.2 cm³/mol. The minimum absolute atomic E-state index is 0.211. The minimum Gasteiger partial charge on any atom is -0.490 e. The monoisotopic (exact) mass is 183 g/mol. The summed E-state index contributed by atoms with van der Waals surface area (Å²) in [5, 5.41) is 0. The van der Waals surface area contributed by atoms with Gasteiger partial charge in [0.25, 0.3) is 0 Å². The second-order valence-corrected chi connectivity index (χ2v) is 2.88. The van der Waals surface area contributed by atoms with E-state index in [9.17, 15) is 4.39 Å². The molecule has 1 rings (SSSR count). The van der Waals surface area contributed by atoms with Crippen LogP contribution in [0.15, 0.2) is 18.2 Å². The van der Waals surface area contributed by atoms with Crippen molar-refractivity contribution in [2.45, 2.75) is 19.9 Å². The van der Waals surface area contributed by atoms with E-state index in [0.29, 0.717) is 12.2 Å². The topological polar surface area (TPSA) is 35.2 Å².